The summed E-state index contributed by atoms with van der Waals surface area (Å²) in [6.45, 7) is 24.4. The summed E-state index contributed by atoms with van der Waals surface area (Å²) in [4.78, 5) is 41.4. The van der Waals surface area contributed by atoms with Crippen molar-refractivity contribution in [3.8, 4) is 28.5 Å². The van der Waals surface area contributed by atoms with Crippen LogP contribution in [0.5, 0.6) is 5.75 Å². The molecule has 3 heterocycles. The summed E-state index contributed by atoms with van der Waals surface area (Å²) in [7, 11) is -1.29. The quantitative estimate of drug-likeness (QED) is 0.0435. The third kappa shape index (κ3) is 10.9. The van der Waals surface area contributed by atoms with E-state index in [-0.39, 0.29) is 23.9 Å². The first kappa shape index (κ1) is 43.8. The monoisotopic (exact) mass is 827 g/mol. The Morgan fingerprint density at radius 3 is 1.90 bits per heavy atom. The van der Waals surface area contributed by atoms with Gasteiger partial charge in [-0.1, -0.05) is 0 Å². The molecule has 1 saturated heterocycles. The number of imidazole rings is 2. The third-order valence-electron chi connectivity index (χ3n) is 9.62. The fraction of sp³-hybridized carbons (Fsp3) is 0.465. The normalized spacial score (nSPS) is 13.9. The number of carbonyl (C=O) groups is 2. The number of anilines is 1. The zero-order valence-electron chi connectivity index (χ0n) is 34.8. The lowest BCUT2D eigenvalue weighted by atomic mass is 10.2. The van der Waals surface area contributed by atoms with E-state index in [0.29, 0.717) is 100 Å². The lowest BCUT2D eigenvalue weighted by Gasteiger charge is -2.35. The Morgan fingerprint density at radius 1 is 0.746 bits per heavy atom. The Labute approximate surface area is 346 Å². The molecule has 0 spiro atoms. The largest absolute Gasteiger partial charge is 0.491 e. The van der Waals surface area contributed by atoms with Gasteiger partial charge in [0.1, 0.15) is 30.6 Å². The second-order valence-electron chi connectivity index (χ2n) is 14.5. The number of hydrogen-bond donors (Lipinski definition) is 0. The molecule has 314 valence electrons. The van der Waals surface area contributed by atoms with Crippen LogP contribution in [0, 0.1) is 6.57 Å². The summed E-state index contributed by atoms with van der Waals surface area (Å²) in [5.41, 5.74) is 5.21. The van der Waals surface area contributed by atoms with Gasteiger partial charge in [-0.25, -0.2) is 21.2 Å². The first-order valence-corrected chi connectivity index (χ1v) is 21.2. The molecule has 1 fully saturated rings. The summed E-state index contributed by atoms with van der Waals surface area (Å²) in [5, 5.41) is 0. The second kappa shape index (κ2) is 21.0. The summed E-state index contributed by atoms with van der Waals surface area (Å²) >= 11 is 0. The van der Waals surface area contributed by atoms with Gasteiger partial charge in [0, 0.05) is 55.8 Å². The van der Waals surface area contributed by atoms with Crippen LogP contribution >= 0.6 is 8.53 Å². The number of rotatable bonds is 20. The molecule has 6 rings (SSSR count). The zero-order chi connectivity index (χ0) is 41.9. The van der Waals surface area contributed by atoms with Gasteiger partial charge in [0.05, 0.1) is 68.3 Å². The van der Waals surface area contributed by atoms with Gasteiger partial charge in [0.25, 0.3) is 8.53 Å². The fourth-order valence-electron chi connectivity index (χ4n) is 7.05. The Kier molecular flexibility index (Phi) is 15.6. The highest BCUT2D eigenvalue weighted by atomic mass is 31.2. The van der Waals surface area contributed by atoms with Crippen molar-refractivity contribution in [2.45, 2.75) is 53.6 Å². The fourth-order valence-corrected chi connectivity index (χ4v) is 8.62. The highest BCUT2D eigenvalue weighted by molar-refractivity contribution is 7.44. The first-order chi connectivity index (χ1) is 28.6. The van der Waals surface area contributed by atoms with E-state index in [9.17, 15) is 9.59 Å². The van der Waals surface area contributed by atoms with Crippen LogP contribution in [0.1, 0.15) is 51.1 Å². The molecule has 1 unspecified atom stereocenters. The molecule has 0 bridgehead atoms. The van der Waals surface area contributed by atoms with Gasteiger partial charge in [0.15, 0.2) is 0 Å². The van der Waals surface area contributed by atoms with Crippen molar-refractivity contribution in [3.63, 3.8) is 0 Å². The molecular weight excluding hydrogens is 773 g/mol. The van der Waals surface area contributed by atoms with E-state index in [1.807, 2.05) is 60.7 Å². The second-order valence-corrected chi connectivity index (χ2v) is 16.0. The highest BCUT2D eigenvalue weighted by Gasteiger charge is 2.27. The molecule has 0 saturated carbocycles. The first-order valence-electron chi connectivity index (χ1n) is 20.0. The summed E-state index contributed by atoms with van der Waals surface area (Å²) in [6, 6.07) is 19.5. The molecule has 1 aliphatic rings. The number of hydrogen-bond acceptors (Lipinski definition) is 12. The van der Waals surface area contributed by atoms with Gasteiger partial charge < -0.3 is 37.7 Å². The molecule has 16 heteroatoms. The van der Waals surface area contributed by atoms with E-state index < -0.39 is 8.53 Å². The van der Waals surface area contributed by atoms with Gasteiger partial charge in [-0.3, -0.25) is 18.7 Å². The molecule has 3 aromatic carbocycles. The van der Waals surface area contributed by atoms with E-state index in [1.165, 1.54) is 13.8 Å². The molecule has 0 amide bonds. The van der Waals surface area contributed by atoms with E-state index >= 15 is 0 Å². The maximum atomic E-state index is 13.0. The Hall–Kier alpha value is -4.78. The molecule has 15 nitrogen and oxygen atoms in total. The van der Waals surface area contributed by atoms with Gasteiger partial charge in [-0.05, 0) is 88.4 Å². The van der Waals surface area contributed by atoms with Crippen LogP contribution < -0.4 is 9.64 Å². The number of benzene rings is 3. The summed E-state index contributed by atoms with van der Waals surface area (Å²) < 4.78 is 40.2. The van der Waals surface area contributed by atoms with E-state index in [0.717, 1.165) is 35.4 Å². The van der Waals surface area contributed by atoms with Gasteiger partial charge in [-0.15, -0.1) is 0 Å². The number of carbonyl (C=O) groups excluding carboxylic acids is 2. The molecule has 1 atom stereocenters. The number of morpholine rings is 1. The van der Waals surface area contributed by atoms with Crippen molar-refractivity contribution in [3.05, 3.63) is 72.1 Å². The van der Waals surface area contributed by atoms with Crippen molar-refractivity contribution >= 4 is 48.1 Å². The van der Waals surface area contributed by atoms with Crippen molar-refractivity contribution in [2.75, 3.05) is 84.0 Å². The van der Waals surface area contributed by atoms with Crippen LogP contribution in [0.2, 0.25) is 0 Å². The highest BCUT2D eigenvalue weighted by Crippen LogP contribution is 2.45. The van der Waals surface area contributed by atoms with Crippen molar-refractivity contribution in [1.82, 2.24) is 23.8 Å². The lowest BCUT2D eigenvalue weighted by molar-refractivity contribution is 0.0252. The topological polar surface area (TPSA) is 136 Å². The predicted molar refractivity (Wildman–Crippen MR) is 229 cm³/mol. The minimum Gasteiger partial charge on any atom is -0.491 e. The van der Waals surface area contributed by atoms with Crippen LogP contribution in [-0.2, 0) is 23.3 Å². The van der Waals surface area contributed by atoms with Crippen molar-refractivity contribution in [1.29, 1.82) is 0 Å². The van der Waals surface area contributed by atoms with Crippen LogP contribution in [0.25, 0.3) is 49.7 Å². The number of aromatic nitrogens is 4. The molecule has 0 N–H and O–H groups in total. The summed E-state index contributed by atoms with van der Waals surface area (Å²) in [5.74, 6) is 1.35. The lowest BCUT2D eigenvalue weighted by Crippen LogP contribution is -2.36. The van der Waals surface area contributed by atoms with E-state index in [2.05, 4.69) is 42.1 Å². The molecule has 2 aromatic heterocycles. The van der Waals surface area contributed by atoms with Crippen LogP contribution in [0.15, 0.2) is 60.7 Å². The van der Waals surface area contributed by atoms with Gasteiger partial charge in [0.2, 0.25) is 18.4 Å². The maximum Gasteiger partial charge on any atom is 0.259 e. The van der Waals surface area contributed by atoms with Crippen LogP contribution in [-0.4, -0.2) is 127 Å². The number of fused-ring (bicyclic) bond motifs is 2. The smallest absolute Gasteiger partial charge is 0.259 e. The molecule has 59 heavy (non-hydrogen) atoms. The van der Waals surface area contributed by atoms with Crippen molar-refractivity contribution < 1.29 is 37.6 Å². The minimum atomic E-state index is -1.29. The molecule has 0 aliphatic carbocycles. The SMILES string of the molecule is [C-]#[N+]CCOP(OCCOCCOCCOc1ccc(-c2nc3cc(-c4nc5cc(N6CCOCC6)ccc5n4C(C)=O)ccc3n2C(C)=O)cc1)N(C(C)C)C(C)C. The Morgan fingerprint density at radius 2 is 1.29 bits per heavy atom. The standard InChI is InChI=1S/C43H54N7O8P/c1-30(2)50(31(3)4)59(57-19-16-44-7)58-27-25-55-23-22-54-24-26-56-37-12-8-34(9-13-37)42-45-38-28-35(10-14-40(38)48(42)32(5)51)43-46-39-29-36(47-17-20-53-21-18-47)11-15-41(39)49(43)33(6)52/h8-15,28-31H,16-27H2,1-6H3. The van der Waals surface area contributed by atoms with Crippen molar-refractivity contribution in [2.24, 2.45) is 0 Å². The molecule has 1 aliphatic heterocycles. The van der Waals surface area contributed by atoms with Crippen LogP contribution in [0.3, 0.4) is 0 Å². The number of nitrogens with zero attached hydrogens (tertiary/aromatic N) is 7. The Bertz CT molecular complexity index is 2220. The predicted octanol–water partition coefficient (Wildman–Crippen LogP) is 7.59. The minimum absolute atomic E-state index is 0.150. The average Bonchev–Trinajstić information content (AvgIpc) is 3.81. The van der Waals surface area contributed by atoms with Crippen LogP contribution in [0.4, 0.5) is 5.69 Å². The molecular formula is C43H54N7O8P. The maximum absolute atomic E-state index is 13.0. The van der Waals surface area contributed by atoms with Gasteiger partial charge in [-0.2, -0.15) is 0 Å². The molecule has 5 aromatic rings. The third-order valence-corrected chi connectivity index (χ3v) is 11.7. The van der Waals surface area contributed by atoms with E-state index in [1.54, 1.807) is 9.13 Å². The zero-order valence-corrected chi connectivity index (χ0v) is 35.7. The molecule has 0 radical (unpaired) electrons. The Balaban J connectivity index is 1.02. The average molecular weight is 828 g/mol. The number of ether oxygens (including phenoxy) is 4. The van der Waals surface area contributed by atoms with E-state index in [4.69, 9.17) is 44.5 Å². The van der Waals surface area contributed by atoms with Gasteiger partial charge >= 0.3 is 0 Å². The summed E-state index contributed by atoms with van der Waals surface area (Å²) in [6.07, 6.45) is 0.